The van der Waals surface area contributed by atoms with E-state index in [0.29, 0.717) is 11.3 Å². The summed E-state index contributed by atoms with van der Waals surface area (Å²) in [5, 5.41) is 2.46. The van der Waals surface area contributed by atoms with Crippen molar-refractivity contribution in [2.24, 2.45) is 0 Å². The fourth-order valence-corrected chi connectivity index (χ4v) is 1.09. The van der Waals surface area contributed by atoms with Crippen molar-refractivity contribution in [1.29, 1.82) is 0 Å². The number of Topliss-reactive ketones (excluding diaryl/α,β-unsaturated/α-hetero) is 1. The van der Waals surface area contributed by atoms with E-state index in [0.717, 1.165) is 6.29 Å². The Morgan fingerprint density at radius 2 is 1.79 bits per heavy atom. The van der Waals surface area contributed by atoms with Crippen LogP contribution in [0, 0.1) is 0 Å². The third kappa shape index (κ3) is 1.85. The smallest absolute Gasteiger partial charge is 0.296 e. The van der Waals surface area contributed by atoms with Crippen LogP contribution in [0.2, 0.25) is 0 Å². The molecule has 1 amide bonds. The van der Waals surface area contributed by atoms with Crippen LogP contribution in [0.1, 0.15) is 17.3 Å². The number of nitrogens with one attached hydrogen (secondary N) is 1. The Balaban J connectivity index is 0.000000293. The molecule has 1 aromatic carbocycles. The highest BCUT2D eigenvalue weighted by Gasteiger charge is 2.26. The molecule has 0 saturated heterocycles. The molecule has 0 bridgehead atoms. The molecule has 0 saturated carbocycles. The third-order valence-electron chi connectivity index (χ3n) is 1.63. The van der Waals surface area contributed by atoms with Gasteiger partial charge in [-0.2, -0.15) is 0 Å². The van der Waals surface area contributed by atoms with Crippen LogP contribution in [-0.2, 0) is 9.59 Å². The topological polar surface area (TPSA) is 63.2 Å². The van der Waals surface area contributed by atoms with Gasteiger partial charge in [0.2, 0.25) is 0 Å². The van der Waals surface area contributed by atoms with Gasteiger partial charge in [0.15, 0.2) is 0 Å². The van der Waals surface area contributed by atoms with E-state index in [4.69, 9.17) is 4.79 Å². The largest absolute Gasteiger partial charge is 0.318 e. The lowest BCUT2D eigenvalue weighted by molar-refractivity contribution is -0.112. The number of hydrogen-bond acceptors (Lipinski definition) is 3. The van der Waals surface area contributed by atoms with Crippen molar-refractivity contribution in [3.8, 4) is 0 Å². The number of fused-ring (bicyclic) bond motifs is 1. The van der Waals surface area contributed by atoms with Crippen molar-refractivity contribution < 1.29 is 14.4 Å². The number of rotatable bonds is 0. The normalized spacial score (nSPS) is 12.4. The van der Waals surface area contributed by atoms with Gasteiger partial charge in [0.25, 0.3) is 11.7 Å². The number of carbonyl (C=O) groups is 3. The predicted octanol–water partition coefficient (Wildman–Crippen LogP) is 1.03. The molecule has 0 spiro atoms. The summed E-state index contributed by atoms with van der Waals surface area (Å²) in [5.41, 5.74) is 1.08. The zero-order chi connectivity index (χ0) is 10.6. The van der Waals surface area contributed by atoms with Gasteiger partial charge >= 0.3 is 0 Å². The van der Waals surface area contributed by atoms with Crippen molar-refractivity contribution in [2.45, 2.75) is 6.92 Å². The van der Waals surface area contributed by atoms with Gasteiger partial charge in [0.1, 0.15) is 6.29 Å². The molecule has 0 unspecified atom stereocenters. The molecule has 72 valence electrons. The van der Waals surface area contributed by atoms with E-state index >= 15 is 0 Å². The molecule has 0 fully saturated rings. The van der Waals surface area contributed by atoms with Crippen molar-refractivity contribution in [1.82, 2.24) is 0 Å². The second-order valence-corrected chi connectivity index (χ2v) is 2.56. The highest BCUT2D eigenvalue weighted by molar-refractivity contribution is 6.51. The standard InChI is InChI=1S/C8H5NO2.C2H4O/c10-7-5-3-1-2-4-6(5)9-8(7)11;1-2-3/h1-4H,(H,9,10,11);2H,1H3. The predicted molar refractivity (Wildman–Crippen MR) is 51.1 cm³/mol. The van der Waals surface area contributed by atoms with Gasteiger partial charge in [-0.3, -0.25) is 9.59 Å². The quantitative estimate of drug-likeness (QED) is 0.492. The first kappa shape index (κ1) is 10.1. The van der Waals surface area contributed by atoms with Gasteiger partial charge in [0, 0.05) is 0 Å². The highest BCUT2D eigenvalue weighted by atomic mass is 16.2. The SMILES string of the molecule is CC=O.O=C1Nc2ccccc2C1=O. The first-order valence-corrected chi connectivity index (χ1v) is 4.05. The van der Waals surface area contributed by atoms with Crippen molar-refractivity contribution in [2.75, 3.05) is 5.32 Å². The molecule has 1 heterocycles. The first-order chi connectivity index (χ1) is 6.70. The van der Waals surface area contributed by atoms with Gasteiger partial charge in [-0.25, -0.2) is 0 Å². The molecule has 4 nitrogen and oxygen atoms in total. The van der Waals surface area contributed by atoms with E-state index in [1.807, 2.05) is 0 Å². The van der Waals surface area contributed by atoms with Gasteiger partial charge in [-0.15, -0.1) is 0 Å². The van der Waals surface area contributed by atoms with E-state index in [2.05, 4.69) is 5.32 Å². The first-order valence-electron chi connectivity index (χ1n) is 4.05. The molecule has 1 aliphatic rings. The minimum absolute atomic E-state index is 0.444. The van der Waals surface area contributed by atoms with E-state index in [-0.39, 0.29) is 0 Å². The molecule has 14 heavy (non-hydrogen) atoms. The maximum atomic E-state index is 11.0. The van der Waals surface area contributed by atoms with Crippen LogP contribution in [-0.4, -0.2) is 18.0 Å². The molecule has 0 aliphatic carbocycles. The summed E-state index contributed by atoms with van der Waals surface area (Å²) in [6.07, 6.45) is 0.750. The molecule has 0 atom stereocenters. The number of ketones is 1. The zero-order valence-corrected chi connectivity index (χ0v) is 7.61. The van der Waals surface area contributed by atoms with Crippen LogP contribution in [0.15, 0.2) is 24.3 Å². The number of para-hydroxylation sites is 1. The fraction of sp³-hybridized carbons (Fsp3) is 0.100. The molecule has 4 heteroatoms. The summed E-state index contributed by atoms with van der Waals surface area (Å²) < 4.78 is 0. The monoisotopic (exact) mass is 191 g/mol. The van der Waals surface area contributed by atoms with Crippen LogP contribution in [0.25, 0.3) is 0 Å². The summed E-state index contributed by atoms with van der Waals surface area (Å²) in [5.74, 6) is -0.980. The maximum Gasteiger partial charge on any atom is 0.296 e. The van der Waals surface area contributed by atoms with Crippen LogP contribution in [0.3, 0.4) is 0 Å². The summed E-state index contributed by atoms with van der Waals surface area (Å²) in [4.78, 5) is 30.6. The second-order valence-electron chi connectivity index (χ2n) is 2.56. The Kier molecular flexibility index (Phi) is 3.12. The van der Waals surface area contributed by atoms with Crippen LogP contribution in [0.4, 0.5) is 5.69 Å². The minimum atomic E-state index is -0.536. The van der Waals surface area contributed by atoms with E-state index in [1.165, 1.54) is 6.92 Å². The van der Waals surface area contributed by atoms with Gasteiger partial charge in [0.05, 0.1) is 11.3 Å². The van der Waals surface area contributed by atoms with E-state index < -0.39 is 11.7 Å². The number of benzene rings is 1. The average Bonchev–Trinajstić information content (AvgIpc) is 2.45. The number of amides is 1. The van der Waals surface area contributed by atoms with E-state index in [9.17, 15) is 9.59 Å². The van der Waals surface area contributed by atoms with Gasteiger partial charge in [-0.1, -0.05) is 12.1 Å². The maximum absolute atomic E-state index is 11.0. The minimum Gasteiger partial charge on any atom is -0.318 e. The van der Waals surface area contributed by atoms with Crippen LogP contribution in [0.5, 0.6) is 0 Å². The Hall–Kier alpha value is -1.97. The lowest BCUT2D eigenvalue weighted by atomic mass is 10.1. The highest BCUT2D eigenvalue weighted by Crippen LogP contribution is 2.21. The Morgan fingerprint density at radius 1 is 1.21 bits per heavy atom. The molecule has 2 rings (SSSR count). The third-order valence-corrected chi connectivity index (χ3v) is 1.63. The summed E-state index contributed by atoms with van der Waals surface area (Å²) >= 11 is 0. The molecular formula is C10H9NO3. The van der Waals surface area contributed by atoms with Crippen molar-refractivity contribution >= 4 is 23.7 Å². The average molecular weight is 191 g/mol. The van der Waals surface area contributed by atoms with Crippen molar-refractivity contribution in [3.63, 3.8) is 0 Å². The fourth-order valence-electron chi connectivity index (χ4n) is 1.09. The number of carbonyl (C=O) groups excluding carboxylic acids is 3. The molecule has 1 N–H and O–H groups in total. The van der Waals surface area contributed by atoms with Gasteiger partial charge < -0.3 is 10.1 Å². The Bertz CT molecular complexity index is 385. The molecule has 1 aromatic rings. The summed E-state index contributed by atoms with van der Waals surface area (Å²) in [7, 11) is 0. The molecule has 1 aliphatic heterocycles. The lowest BCUT2D eigenvalue weighted by Crippen LogP contribution is -2.12. The second kappa shape index (κ2) is 4.32. The molecular weight excluding hydrogens is 182 g/mol. The van der Waals surface area contributed by atoms with E-state index in [1.54, 1.807) is 24.3 Å². The zero-order valence-electron chi connectivity index (χ0n) is 7.61. The number of aldehydes is 1. The molecule has 0 aromatic heterocycles. The summed E-state index contributed by atoms with van der Waals surface area (Å²) in [6.45, 7) is 1.44. The Labute approximate surface area is 80.9 Å². The molecule has 0 radical (unpaired) electrons. The Morgan fingerprint density at radius 3 is 2.36 bits per heavy atom. The van der Waals surface area contributed by atoms with Gasteiger partial charge in [-0.05, 0) is 19.1 Å². The summed E-state index contributed by atoms with van der Waals surface area (Å²) in [6, 6.07) is 6.85. The van der Waals surface area contributed by atoms with Crippen LogP contribution < -0.4 is 5.32 Å². The number of hydrogen-bond donors (Lipinski definition) is 1. The lowest BCUT2D eigenvalue weighted by Gasteiger charge is -1.91. The van der Waals surface area contributed by atoms with Crippen LogP contribution >= 0.6 is 0 Å². The number of anilines is 1. The van der Waals surface area contributed by atoms with Crippen molar-refractivity contribution in [3.05, 3.63) is 29.8 Å².